The normalized spacial score (nSPS) is 19.5. The molecule has 1 spiro atoms. The van der Waals surface area contributed by atoms with E-state index in [1.165, 1.54) is 17.0 Å². The molecule has 8 heteroatoms. The van der Waals surface area contributed by atoms with Gasteiger partial charge in [-0.2, -0.15) is 8.42 Å². The number of carbonyl (C=O) groups is 1. The number of hydrogen-bond donors (Lipinski definition) is 1. The molecule has 0 unspecified atom stereocenters. The second kappa shape index (κ2) is 7.75. The van der Waals surface area contributed by atoms with Gasteiger partial charge in [0.1, 0.15) is 4.90 Å². The van der Waals surface area contributed by atoms with Crippen LogP contribution in [-0.2, 0) is 19.8 Å². The van der Waals surface area contributed by atoms with E-state index < -0.39 is 16.2 Å². The molecule has 30 heavy (non-hydrogen) atoms. The Labute approximate surface area is 176 Å². The van der Waals surface area contributed by atoms with Gasteiger partial charge in [0.15, 0.2) is 0 Å². The zero-order chi connectivity index (χ0) is 21.4. The van der Waals surface area contributed by atoms with Gasteiger partial charge in [0, 0.05) is 18.7 Å². The van der Waals surface area contributed by atoms with Crippen LogP contribution in [-0.4, -0.2) is 43.3 Å². The van der Waals surface area contributed by atoms with Crippen LogP contribution in [0.4, 0.5) is 4.79 Å². The van der Waals surface area contributed by atoms with Crippen LogP contribution in [0.5, 0.6) is 0 Å². The Balaban J connectivity index is 1.60. The minimum Gasteiger partial charge on any atom is -0.465 e. The van der Waals surface area contributed by atoms with Crippen molar-refractivity contribution in [1.29, 1.82) is 0 Å². The van der Waals surface area contributed by atoms with Crippen molar-refractivity contribution in [3.8, 4) is 0 Å². The Morgan fingerprint density at radius 1 is 1.07 bits per heavy atom. The maximum Gasteiger partial charge on any atom is 0.407 e. The Kier molecular flexibility index (Phi) is 5.27. The Morgan fingerprint density at radius 2 is 1.73 bits per heavy atom. The van der Waals surface area contributed by atoms with Crippen LogP contribution in [0.3, 0.4) is 0 Å². The Hall–Kier alpha value is -2.87. The summed E-state index contributed by atoms with van der Waals surface area (Å²) in [5.41, 5.74) is 3.42. The lowest BCUT2D eigenvalue weighted by atomic mass is 9.64. The quantitative estimate of drug-likeness (QED) is 0.748. The van der Waals surface area contributed by atoms with Crippen molar-refractivity contribution >= 4 is 21.9 Å². The van der Waals surface area contributed by atoms with Crippen molar-refractivity contribution in [3.05, 3.63) is 65.2 Å². The molecule has 2 aromatic rings. The number of benzene rings is 2. The lowest BCUT2D eigenvalue weighted by Gasteiger charge is -2.44. The summed E-state index contributed by atoms with van der Waals surface area (Å²) in [4.78, 5) is 12.8. The molecule has 4 rings (SSSR count). The number of oxime groups is 1. The van der Waals surface area contributed by atoms with Gasteiger partial charge in [-0.15, -0.1) is 0 Å². The molecule has 0 atom stereocenters. The maximum atomic E-state index is 12.5. The fourth-order valence-electron chi connectivity index (χ4n) is 4.41. The maximum absolute atomic E-state index is 12.5. The first-order chi connectivity index (χ1) is 14.3. The molecular weight excluding hydrogens is 404 g/mol. The third kappa shape index (κ3) is 3.79. The second-order valence-electron chi connectivity index (χ2n) is 7.98. The number of amides is 1. The van der Waals surface area contributed by atoms with Crippen molar-refractivity contribution < 1.29 is 22.6 Å². The first kappa shape index (κ1) is 20.4. The molecule has 0 saturated carbocycles. The van der Waals surface area contributed by atoms with E-state index in [1.54, 1.807) is 12.1 Å². The number of nitrogens with zero attached hydrogens (tertiary/aromatic N) is 2. The van der Waals surface area contributed by atoms with E-state index in [0.717, 1.165) is 36.0 Å². The number of fused-ring (bicyclic) bond motifs is 2. The van der Waals surface area contributed by atoms with Gasteiger partial charge >= 0.3 is 16.2 Å². The van der Waals surface area contributed by atoms with Crippen molar-refractivity contribution in [3.63, 3.8) is 0 Å². The van der Waals surface area contributed by atoms with Crippen LogP contribution in [0.15, 0.2) is 58.6 Å². The van der Waals surface area contributed by atoms with E-state index >= 15 is 0 Å². The average molecular weight is 429 g/mol. The molecule has 1 saturated heterocycles. The zero-order valence-electron chi connectivity index (χ0n) is 16.7. The molecule has 1 fully saturated rings. The van der Waals surface area contributed by atoms with Gasteiger partial charge < -0.3 is 10.0 Å². The van der Waals surface area contributed by atoms with E-state index in [4.69, 9.17) is 4.28 Å². The van der Waals surface area contributed by atoms with Crippen molar-refractivity contribution in [2.75, 3.05) is 13.1 Å². The smallest absolute Gasteiger partial charge is 0.407 e. The molecule has 1 heterocycles. The minimum absolute atomic E-state index is 0.0686. The lowest BCUT2D eigenvalue weighted by molar-refractivity contribution is 0.113. The van der Waals surface area contributed by atoms with Crippen molar-refractivity contribution in [2.24, 2.45) is 5.16 Å². The predicted molar refractivity (Wildman–Crippen MR) is 112 cm³/mol. The van der Waals surface area contributed by atoms with Crippen molar-refractivity contribution in [1.82, 2.24) is 4.90 Å². The molecule has 158 valence electrons. The molecule has 7 nitrogen and oxygen atoms in total. The lowest BCUT2D eigenvalue weighted by Crippen LogP contribution is -2.46. The second-order valence-corrected chi connectivity index (χ2v) is 9.50. The van der Waals surface area contributed by atoms with Crippen LogP contribution in [0.25, 0.3) is 0 Å². The van der Waals surface area contributed by atoms with Gasteiger partial charge in [-0.3, -0.25) is 4.28 Å². The SMILES string of the molecule is Cc1ccc(S(=O)(=O)ON=C2CCC3(CCN(C(=O)O)CC3)c3ccccc32)cc1. The van der Waals surface area contributed by atoms with E-state index in [1.807, 2.05) is 31.2 Å². The molecule has 1 N–H and O–H groups in total. The fourth-order valence-corrected chi connectivity index (χ4v) is 5.15. The summed E-state index contributed by atoms with van der Waals surface area (Å²) in [5.74, 6) is 0. The fraction of sp³-hybridized carbons (Fsp3) is 0.364. The Bertz CT molecular complexity index is 1080. The van der Waals surface area contributed by atoms with Crippen LogP contribution < -0.4 is 0 Å². The highest BCUT2D eigenvalue weighted by Gasteiger charge is 2.42. The van der Waals surface area contributed by atoms with Gasteiger partial charge in [0.25, 0.3) is 0 Å². The molecule has 1 amide bonds. The third-order valence-corrected chi connectivity index (χ3v) is 7.32. The van der Waals surface area contributed by atoms with Gasteiger partial charge in [0.2, 0.25) is 0 Å². The number of piperidine rings is 1. The summed E-state index contributed by atoms with van der Waals surface area (Å²) in [6, 6.07) is 14.3. The molecular formula is C22H24N2O5S. The zero-order valence-corrected chi connectivity index (χ0v) is 17.6. The van der Waals surface area contributed by atoms with E-state index in [2.05, 4.69) is 5.16 Å². The van der Waals surface area contributed by atoms with E-state index in [9.17, 15) is 18.3 Å². The van der Waals surface area contributed by atoms with Gasteiger partial charge in [-0.1, -0.05) is 47.1 Å². The number of hydrogen-bond acceptors (Lipinski definition) is 5. The number of carboxylic acid groups (broad SMARTS) is 1. The number of likely N-dealkylation sites (tertiary alicyclic amines) is 1. The highest BCUT2D eigenvalue weighted by molar-refractivity contribution is 7.86. The highest BCUT2D eigenvalue weighted by Crippen LogP contribution is 2.45. The molecule has 0 aromatic heterocycles. The summed E-state index contributed by atoms with van der Waals surface area (Å²) in [5, 5.41) is 13.3. The van der Waals surface area contributed by atoms with E-state index in [-0.39, 0.29) is 10.3 Å². The standard InChI is InChI=1S/C22H24N2O5S/c1-16-6-8-17(9-7-16)30(27,28)29-23-20-10-11-22(19-5-3-2-4-18(19)20)12-14-24(15-13-22)21(25)26/h2-9H,10-15H2,1H3,(H,25,26). The third-order valence-electron chi connectivity index (χ3n) is 6.20. The summed E-state index contributed by atoms with van der Waals surface area (Å²) in [6.07, 6.45) is 1.96. The summed E-state index contributed by atoms with van der Waals surface area (Å²) in [7, 11) is -3.99. The molecule has 2 aromatic carbocycles. The van der Waals surface area contributed by atoms with Gasteiger partial charge in [-0.25, -0.2) is 4.79 Å². The molecule has 1 aliphatic carbocycles. The van der Waals surface area contributed by atoms with Gasteiger partial charge in [0.05, 0.1) is 5.71 Å². The van der Waals surface area contributed by atoms with Crippen molar-refractivity contribution in [2.45, 2.75) is 42.9 Å². The topological polar surface area (TPSA) is 96.3 Å². The predicted octanol–water partition coefficient (Wildman–Crippen LogP) is 3.91. The molecule has 0 bridgehead atoms. The largest absolute Gasteiger partial charge is 0.465 e. The highest BCUT2D eigenvalue weighted by atomic mass is 32.2. The van der Waals surface area contributed by atoms with Crippen LogP contribution in [0.1, 0.15) is 42.4 Å². The summed E-state index contributed by atoms with van der Waals surface area (Å²) < 4.78 is 30.1. The summed E-state index contributed by atoms with van der Waals surface area (Å²) in [6.45, 7) is 2.87. The molecule has 0 radical (unpaired) electrons. The monoisotopic (exact) mass is 428 g/mol. The summed E-state index contributed by atoms with van der Waals surface area (Å²) >= 11 is 0. The first-order valence-electron chi connectivity index (χ1n) is 9.96. The number of rotatable bonds is 3. The average Bonchev–Trinajstić information content (AvgIpc) is 2.74. The Morgan fingerprint density at radius 3 is 2.40 bits per heavy atom. The first-order valence-corrected chi connectivity index (χ1v) is 11.4. The molecule has 2 aliphatic rings. The van der Waals surface area contributed by atoms with Gasteiger partial charge in [-0.05, 0) is 55.7 Å². The molecule has 1 aliphatic heterocycles. The minimum atomic E-state index is -3.99. The number of aryl methyl sites for hydroxylation is 1. The van der Waals surface area contributed by atoms with Crippen LogP contribution >= 0.6 is 0 Å². The van der Waals surface area contributed by atoms with E-state index in [0.29, 0.717) is 25.2 Å². The van der Waals surface area contributed by atoms with Crippen LogP contribution in [0, 0.1) is 6.92 Å². The van der Waals surface area contributed by atoms with Crippen LogP contribution in [0.2, 0.25) is 0 Å².